The number of aliphatic imine (C=N–C) groups is 1. The van der Waals surface area contributed by atoms with E-state index in [2.05, 4.69) is 38.4 Å². The van der Waals surface area contributed by atoms with Crippen LogP contribution in [0.25, 0.3) is 11.3 Å². The summed E-state index contributed by atoms with van der Waals surface area (Å²) in [6.07, 6.45) is 1.56. The molecule has 7 nitrogen and oxygen atoms in total. The summed E-state index contributed by atoms with van der Waals surface area (Å²) in [5, 5.41) is 3.42. The number of carbonyl (C=O) groups is 1. The number of nitrogens with one attached hydrogen (secondary N) is 1. The van der Waals surface area contributed by atoms with Crippen LogP contribution in [0.3, 0.4) is 0 Å². The van der Waals surface area contributed by atoms with Crippen molar-refractivity contribution in [2.45, 2.75) is 13.5 Å². The number of nitrogens with zero attached hydrogens (tertiary/aromatic N) is 4. The molecule has 1 aromatic carbocycles. The lowest BCUT2D eigenvalue weighted by Crippen LogP contribution is -2.53. The molecular weight excluding hydrogens is 481 g/mol. The summed E-state index contributed by atoms with van der Waals surface area (Å²) in [6.45, 7) is 5.62. The van der Waals surface area contributed by atoms with Crippen LogP contribution in [0, 0.1) is 0 Å². The lowest BCUT2D eigenvalue weighted by atomic mass is 10.1. The third-order valence-corrected chi connectivity index (χ3v) is 4.66. The van der Waals surface area contributed by atoms with Crippen molar-refractivity contribution in [3.05, 3.63) is 54.2 Å². The molecule has 0 bridgehead atoms. The molecule has 1 aliphatic heterocycles. The van der Waals surface area contributed by atoms with Crippen LogP contribution in [0.15, 0.2) is 53.7 Å². The molecule has 0 spiro atoms. The summed E-state index contributed by atoms with van der Waals surface area (Å²) < 4.78 is 5.07. The van der Waals surface area contributed by atoms with Crippen molar-refractivity contribution < 1.29 is 9.53 Å². The summed E-state index contributed by atoms with van der Waals surface area (Å²) in [5.41, 5.74) is 3.22. The van der Waals surface area contributed by atoms with E-state index in [-0.39, 0.29) is 30.1 Å². The van der Waals surface area contributed by atoms with Crippen LogP contribution < -0.4 is 5.32 Å². The minimum atomic E-state index is -0.239. The third-order valence-electron chi connectivity index (χ3n) is 4.66. The lowest BCUT2D eigenvalue weighted by Gasteiger charge is -2.35. The molecule has 1 saturated heterocycles. The number of halogens is 1. The zero-order chi connectivity index (χ0) is 19.8. The average Bonchev–Trinajstić information content (AvgIpc) is 2.75. The first-order valence-corrected chi connectivity index (χ1v) is 9.59. The fourth-order valence-electron chi connectivity index (χ4n) is 3.20. The van der Waals surface area contributed by atoms with E-state index in [1.54, 1.807) is 18.1 Å². The number of piperazine rings is 1. The number of hydrogen-bond donors (Lipinski definition) is 1. The number of hydrogen-bond acceptors (Lipinski definition) is 4. The van der Waals surface area contributed by atoms with Gasteiger partial charge in [-0.1, -0.05) is 24.3 Å². The second-order valence-electron chi connectivity index (χ2n) is 6.49. The highest BCUT2D eigenvalue weighted by Gasteiger charge is 2.23. The first kappa shape index (κ1) is 22.9. The van der Waals surface area contributed by atoms with Gasteiger partial charge >= 0.3 is 6.09 Å². The van der Waals surface area contributed by atoms with Gasteiger partial charge in [0.1, 0.15) is 0 Å². The van der Waals surface area contributed by atoms with Crippen molar-refractivity contribution in [1.82, 2.24) is 20.1 Å². The van der Waals surface area contributed by atoms with Gasteiger partial charge in [0.05, 0.1) is 12.3 Å². The van der Waals surface area contributed by atoms with Gasteiger partial charge in [-0.15, -0.1) is 24.0 Å². The normalized spacial score (nSPS) is 14.2. The molecule has 29 heavy (non-hydrogen) atoms. The third kappa shape index (κ3) is 6.31. The molecule has 0 radical (unpaired) electrons. The number of guanidine groups is 1. The first-order chi connectivity index (χ1) is 13.7. The molecule has 2 heterocycles. The largest absolute Gasteiger partial charge is 0.450 e. The van der Waals surface area contributed by atoms with E-state index in [1.807, 2.05) is 31.2 Å². The summed E-state index contributed by atoms with van der Waals surface area (Å²) in [6, 6.07) is 14.3. The molecule has 0 unspecified atom stereocenters. The molecule has 0 aliphatic carbocycles. The summed E-state index contributed by atoms with van der Waals surface area (Å²) in [5.74, 6) is 0.840. The van der Waals surface area contributed by atoms with Crippen LogP contribution in [0.5, 0.6) is 0 Å². The van der Waals surface area contributed by atoms with Gasteiger partial charge in [0.15, 0.2) is 5.96 Å². The van der Waals surface area contributed by atoms with E-state index in [0.717, 1.165) is 35.9 Å². The molecule has 1 N–H and O–H groups in total. The summed E-state index contributed by atoms with van der Waals surface area (Å²) in [7, 11) is 1.78. The van der Waals surface area contributed by atoms with E-state index >= 15 is 0 Å². The zero-order valence-corrected chi connectivity index (χ0v) is 19.2. The number of rotatable bonds is 4. The molecule has 1 aromatic heterocycles. The van der Waals surface area contributed by atoms with Crippen LogP contribution in [0.4, 0.5) is 4.79 Å². The topological polar surface area (TPSA) is 70.1 Å². The van der Waals surface area contributed by atoms with Gasteiger partial charge in [0.2, 0.25) is 0 Å². The standard InChI is InChI=1S/C21H27N5O2.HI/c1-3-28-21(27)26-13-11-25(12-14-26)20(22-2)24-16-17-7-6-8-18(15-17)19-9-4-5-10-23-19;/h4-10,15H,3,11-14,16H2,1-2H3,(H,22,24);1H. The van der Waals surface area contributed by atoms with Gasteiger partial charge in [0.25, 0.3) is 0 Å². The second-order valence-corrected chi connectivity index (χ2v) is 6.49. The fourth-order valence-corrected chi connectivity index (χ4v) is 3.20. The van der Waals surface area contributed by atoms with Crippen LogP contribution in [0.2, 0.25) is 0 Å². The van der Waals surface area contributed by atoms with E-state index in [9.17, 15) is 4.79 Å². The smallest absolute Gasteiger partial charge is 0.409 e. The number of pyridine rings is 1. The Morgan fingerprint density at radius 3 is 2.55 bits per heavy atom. The van der Waals surface area contributed by atoms with Crippen LogP contribution in [-0.4, -0.2) is 66.7 Å². The Balaban J connectivity index is 0.00000300. The maximum Gasteiger partial charge on any atom is 0.409 e. The molecule has 156 valence electrons. The minimum absolute atomic E-state index is 0. The Morgan fingerprint density at radius 2 is 1.90 bits per heavy atom. The minimum Gasteiger partial charge on any atom is -0.450 e. The van der Waals surface area contributed by atoms with Gasteiger partial charge in [-0.25, -0.2) is 4.79 Å². The van der Waals surface area contributed by atoms with Crippen LogP contribution in [-0.2, 0) is 11.3 Å². The predicted molar refractivity (Wildman–Crippen MR) is 125 cm³/mol. The molecule has 1 amide bonds. The number of aromatic nitrogens is 1. The Bertz CT molecular complexity index is 808. The van der Waals surface area contributed by atoms with Gasteiger partial charge in [-0.05, 0) is 30.7 Å². The molecule has 2 aromatic rings. The number of carbonyl (C=O) groups excluding carboxylic acids is 1. The quantitative estimate of drug-likeness (QED) is 0.390. The maximum atomic E-state index is 11.8. The molecule has 3 rings (SSSR count). The molecule has 1 aliphatic rings. The van der Waals surface area contributed by atoms with Crippen molar-refractivity contribution in [2.75, 3.05) is 39.8 Å². The van der Waals surface area contributed by atoms with E-state index in [0.29, 0.717) is 26.2 Å². The van der Waals surface area contributed by atoms with Gasteiger partial charge in [-0.2, -0.15) is 0 Å². The highest BCUT2D eigenvalue weighted by Crippen LogP contribution is 2.17. The molecule has 0 saturated carbocycles. The maximum absolute atomic E-state index is 11.8. The number of ether oxygens (including phenoxy) is 1. The lowest BCUT2D eigenvalue weighted by molar-refractivity contribution is 0.0914. The molecular formula is C21H28IN5O2. The highest BCUT2D eigenvalue weighted by atomic mass is 127. The Hall–Kier alpha value is -2.36. The van der Waals surface area contributed by atoms with Crippen LogP contribution >= 0.6 is 24.0 Å². The van der Waals surface area contributed by atoms with Crippen molar-refractivity contribution in [3.63, 3.8) is 0 Å². The molecule has 0 atom stereocenters. The number of benzene rings is 1. The predicted octanol–water partition coefficient (Wildman–Crippen LogP) is 3.22. The average molecular weight is 509 g/mol. The Morgan fingerprint density at radius 1 is 1.14 bits per heavy atom. The van der Waals surface area contributed by atoms with E-state index in [4.69, 9.17) is 4.74 Å². The zero-order valence-electron chi connectivity index (χ0n) is 16.9. The van der Waals surface area contributed by atoms with Gasteiger partial charge < -0.3 is 19.9 Å². The van der Waals surface area contributed by atoms with Crippen molar-refractivity contribution in [2.24, 2.45) is 4.99 Å². The second kappa shape index (κ2) is 11.6. The molecule has 1 fully saturated rings. The first-order valence-electron chi connectivity index (χ1n) is 9.59. The Labute approximate surface area is 189 Å². The van der Waals surface area contributed by atoms with Crippen molar-refractivity contribution >= 4 is 36.0 Å². The molecule has 8 heteroatoms. The number of amides is 1. The summed E-state index contributed by atoms with van der Waals surface area (Å²) >= 11 is 0. The van der Waals surface area contributed by atoms with Gasteiger partial charge in [-0.3, -0.25) is 9.98 Å². The van der Waals surface area contributed by atoms with Crippen LogP contribution in [0.1, 0.15) is 12.5 Å². The van der Waals surface area contributed by atoms with E-state index in [1.165, 1.54) is 0 Å². The van der Waals surface area contributed by atoms with Crippen molar-refractivity contribution in [3.8, 4) is 11.3 Å². The van der Waals surface area contributed by atoms with Gasteiger partial charge in [0, 0.05) is 51.5 Å². The highest BCUT2D eigenvalue weighted by molar-refractivity contribution is 14.0. The summed E-state index contributed by atoms with van der Waals surface area (Å²) in [4.78, 5) is 24.6. The monoisotopic (exact) mass is 509 g/mol. The Kier molecular flexibility index (Phi) is 9.17. The fraction of sp³-hybridized carbons (Fsp3) is 0.381. The SMILES string of the molecule is CCOC(=O)N1CCN(C(=NC)NCc2cccc(-c3ccccn3)c2)CC1.I. The van der Waals surface area contributed by atoms with E-state index < -0.39 is 0 Å². The van der Waals surface area contributed by atoms with Crippen molar-refractivity contribution in [1.29, 1.82) is 0 Å².